The minimum Gasteiger partial charge on any atom is -0.435 e. The van der Waals surface area contributed by atoms with E-state index in [1.165, 1.54) is 0 Å². The molecule has 66 valence electrons. The van der Waals surface area contributed by atoms with E-state index in [0.29, 0.717) is 13.2 Å². The molecule has 3 nitrogen and oxygen atoms in total. The van der Waals surface area contributed by atoms with Crippen LogP contribution in [-0.4, -0.2) is 18.8 Å². The summed E-state index contributed by atoms with van der Waals surface area (Å²) in [6.07, 6.45) is -0.595. The van der Waals surface area contributed by atoms with Gasteiger partial charge in [-0.05, 0) is 6.92 Å². The molecule has 0 aliphatic rings. The number of halogens is 3. The summed E-state index contributed by atoms with van der Waals surface area (Å²) in [5, 5.41) is 0. The Morgan fingerprint density at radius 1 is 1.36 bits per heavy atom. The topological polar surface area (TPSA) is 35.5 Å². The summed E-state index contributed by atoms with van der Waals surface area (Å²) in [5.74, 6) is 0. The van der Waals surface area contributed by atoms with Crippen LogP contribution in [0.2, 0.25) is 0 Å². The van der Waals surface area contributed by atoms with Crippen molar-refractivity contribution < 1.29 is 14.3 Å². The van der Waals surface area contributed by atoms with Crippen molar-refractivity contribution in [3.8, 4) is 0 Å². The monoisotopic (exact) mass is 496 g/mol. The molecule has 0 aromatic carbocycles. The van der Waals surface area contributed by atoms with Crippen LogP contribution in [0.25, 0.3) is 0 Å². The third-order valence-corrected chi connectivity index (χ3v) is 1.55. The van der Waals surface area contributed by atoms with Crippen molar-refractivity contribution in [3.05, 3.63) is 0 Å². The fourth-order valence-corrected chi connectivity index (χ4v) is 0.767. The predicted molar refractivity (Wildman–Crippen MR) is 67.8 cm³/mol. The van der Waals surface area contributed by atoms with Gasteiger partial charge >= 0.3 is 6.16 Å². The first kappa shape index (κ1) is 12.5. The van der Waals surface area contributed by atoms with Crippen LogP contribution >= 0.6 is 67.8 Å². The van der Waals surface area contributed by atoms with Crippen LogP contribution in [0.15, 0.2) is 0 Å². The van der Waals surface area contributed by atoms with Gasteiger partial charge in [-0.2, -0.15) is 0 Å². The Morgan fingerprint density at radius 2 is 1.91 bits per heavy atom. The van der Waals surface area contributed by atoms with Crippen LogP contribution in [-0.2, 0) is 9.47 Å². The van der Waals surface area contributed by atoms with Crippen molar-refractivity contribution in [2.24, 2.45) is 0 Å². The van der Waals surface area contributed by atoms with Crippen LogP contribution < -0.4 is 0 Å². The van der Waals surface area contributed by atoms with Gasteiger partial charge in [0, 0.05) is 0 Å². The molecule has 0 bridgehead atoms. The van der Waals surface area contributed by atoms with E-state index in [-0.39, 0.29) is -0.565 Å². The van der Waals surface area contributed by atoms with Crippen molar-refractivity contribution >= 4 is 73.9 Å². The highest BCUT2D eigenvalue weighted by atomic mass is 127. The molecule has 0 aromatic heterocycles. The highest BCUT2D eigenvalue weighted by molar-refractivity contribution is 14.3. The number of alkyl halides is 3. The van der Waals surface area contributed by atoms with Crippen LogP contribution in [0.4, 0.5) is 4.79 Å². The highest BCUT2D eigenvalue weighted by Crippen LogP contribution is 2.35. The molecule has 0 saturated heterocycles. The first-order valence-electron chi connectivity index (χ1n) is 2.82. The second kappa shape index (κ2) is 6.00. The molecule has 0 atom stereocenters. The Balaban J connectivity index is 3.46. The molecule has 0 rings (SSSR count). The van der Waals surface area contributed by atoms with Gasteiger partial charge < -0.3 is 9.47 Å². The number of hydrogen-bond acceptors (Lipinski definition) is 3. The zero-order chi connectivity index (χ0) is 8.91. The molecule has 0 N–H and O–H groups in total. The number of hydrogen-bond donors (Lipinski definition) is 0. The SMILES string of the molecule is CCOC(=O)OCC(I)(I)I. The lowest BCUT2D eigenvalue weighted by molar-refractivity contribution is 0.0631. The standard InChI is InChI=1S/C5H7I3O3/c1-2-10-4(9)11-3-5(6,7)8/h2-3H2,1H3. The second-order valence-electron chi connectivity index (χ2n) is 1.59. The summed E-state index contributed by atoms with van der Waals surface area (Å²) in [4.78, 5) is 10.6. The average Bonchev–Trinajstić information content (AvgIpc) is 1.83. The number of ether oxygens (including phenoxy) is 2. The van der Waals surface area contributed by atoms with E-state index in [2.05, 4.69) is 72.5 Å². The van der Waals surface area contributed by atoms with Crippen molar-refractivity contribution in [2.45, 2.75) is 6.36 Å². The number of carbonyl (C=O) groups excluding carboxylic acids is 1. The van der Waals surface area contributed by atoms with Gasteiger partial charge in [0.25, 0.3) is 0 Å². The van der Waals surface area contributed by atoms with Crippen molar-refractivity contribution in [1.82, 2.24) is 0 Å². The smallest absolute Gasteiger partial charge is 0.435 e. The van der Waals surface area contributed by atoms with Crippen LogP contribution in [0.1, 0.15) is 6.92 Å². The maximum Gasteiger partial charge on any atom is 0.508 e. The summed E-state index contributed by atoms with van der Waals surface area (Å²) in [5.41, 5.74) is 0. The highest BCUT2D eigenvalue weighted by Gasteiger charge is 2.20. The van der Waals surface area contributed by atoms with Crippen LogP contribution in [0.5, 0.6) is 0 Å². The van der Waals surface area contributed by atoms with E-state index in [1.807, 2.05) is 0 Å². The summed E-state index contributed by atoms with van der Waals surface area (Å²) < 4.78 is 9.25. The van der Waals surface area contributed by atoms with Gasteiger partial charge in [-0.1, -0.05) is 67.8 Å². The lowest BCUT2D eigenvalue weighted by Crippen LogP contribution is -2.16. The first-order valence-corrected chi connectivity index (χ1v) is 6.05. The fourth-order valence-electron chi connectivity index (χ4n) is 0.300. The molecule has 0 unspecified atom stereocenters. The zero-order valence-electron chi connectivity index (χ0n) is 5.77. The number of carbonyl (C=O) groups is 1. The molecular weight excluding hydrogens is 489 g/mol. The summed E-state index contributed by atoms with van der Waals surface area (Å²) in [7, 11) is 0. The predicted octanol–water partition coefficient (Wildman–Crippen LogP) is 3.12. The van der Waals surface area contributed by atoms with Crippen molar-refractivity contribution in [3.63, 3.8) is 0 Å². The van der Waals surface area contributed by atoms with Gasteiger partial charge in [0.2, 0.25) is 0 Å². The third-order valence-electron chi connectivity index (χ3n) is 0.616. The fraction of sp³-hybridized carbons (Fsp3) is 0.800. The van der Waals surface area contributed by atoms with Gasteiger partial charge in [0.1, 0.15) is 6.61 Å². The molecule has 0 spiro atoms. The lowest BCUT2D eigenvalue weighted by atomic mass is 10.8. The molecule has 6 heteroatoms. The third kappa shape index (κ3) is 9.37. The Morgan fingerprint density at radius 3 is 2.27 bits per heavy atom. The Hall–Kier alpha value is 1.46. The maximum atomic E-state index is 10.6. The molecule has 0 aliphatic carbocycles. The first-order chi connectivity index (χ1) is 4.95. The van der Waals surface area contributed by atoms with Gasteiger partial charge in [0.15, 0.2) is -0.565 Å². The molecule has 0 saturated carbocycles. The van der Waals surface area contributed by atoms with E-state index in [0.717, 1.165) is 0 Å². The van der Waals surface area contributed by atoms with E-state index < -0.39 is 6.16 Å². The molecule has 0 heterocycles. The summed E-state index contributed by atoms with van der Waals surface area (Å²) in [6.45, 7) is 2.45. The molecule has 11 heavy (non-hydrogen) atoms. The van der Waals surface area contributed by atoms with Gasteiger partial charge in [-0.3, -0.25) is 0 Å². The largest absolute Gasteiger partial charge is 0.508 e. The lowest BCUT2D eigenvalue weighted by Gasteiger charge is -2.11. The van der Waals surface area contributed by atoms with Crippen LogP contribution in [0.3, 0.4) is 0 Å². The minimum atomic E-state index is -0.595. The Bertz CT molecular complexity index is 131. The zero-order valence-corrected chi connectivity index (χ0v) is 12.2. The van der Waals surface area contributed by atoms with E-state index in [9.17, 15) is 4.79 Å². The average molecular weight is 496 g/mol. The number of rotatable bonds is 3. The van der Waals surface area contributed by atoms with Crippen LogP contribution in [0, 0.1) is 0 Å². The molecule has 0 radical (unpaired) electrons. The Kier molecular flexibility index (Phi) is 6.79. The Labute approximate surface area is 106 Å². The summed E-state index contributed by atoms with van der Waals surface area (Å²) >= 11 is 6.54. The second-order valence-corrected chi connectivity index (χ2v) is 13.3. The molecule has 0 aliphatic heterocycles. The normalized spacial score (nSPS) is 10.9. The van der Waals surface area contributed by atoms with E-state index >= 15 is 0 Å². The quantitative estimate of drug-likeness (QED) is 0.343. The van der Waals surface area contributed by atoms with Gasteiger partial charge in [0.05, 0.1) is 6.61 Å². The van der Waals surface area contributed by atoms with E-state index in [4.69, 9.17) is 4.74 Å². The molecule has 0 fully saturated rings. The van der Waals surface area contributed by atoms with Crippen molar-refractivity contribution in [1.29, 1.82) is 0 Å². The van der Waals surface area contributed by atoms with Gasteiger partial charge in [-0.25, -0.2) is 4.79 Å². The molecule has 0 aromatic rings. The van der Waals surface area contributed by atoms with Gasteiger partial charge in [-0.15, -0.1) is 0 Å². The summed E-state index contributed by atoms with van der Waals surface area (Å²) in [6, 6.07) is 0. The molecular formula is C5H7I3O3. The minimum absolute atomic E-state index is 0.0833. The molecule has 0 amide bonds. The maximum absolute atomic E-state index is 10.6. The van der Waals surface area contributed by atoms with Crippen molar-refractivity contribution in [2.75, 3.05) is 13.2 Å². The van der Waals surface area contributed by atoms with E-state index in [1.54, 1.807) is 6.92 Å².